The Morgan fingerprint density at radius 1 is 1.00 bits per heavy atom. The number of carbonyl (C=O) groups excluding carboxylic acids is 1. The van der Waals surface area contributed by atoms with E-state index in [9.17, 15) is 27.9 Å². The minimum Gasteiger partial charge on any atom is -0.492 e. The number of amides is 2. The van der Waals surface area contributed by atoms with Crippen molar-refractivity contribution in [3.8, 4) is 5.75 Å². The molecule has 2 rings (SSSR count). The SMILES string of the molecule is CCOC(Cc1ccc(OCCN(CCOCC(F)(F)CC)C(=O)NCc2ccc(F)cc2)cc1)C(=O)O. The fraction of sp³-hybridized carbons (Fsp3) is 0.481. The van der Waals surface area contributed by atoms with Gasteiger partial charge in [-0.25, -0.2) is 22.8 Å². The van der Waals surface area contributed by atoms with Gasteiger partial charge in [-0.15, -0.1) is 0 Å². The summed E-state index contributed by atoms with van der Waals surface area (Å²) in [4.78, 5) is 25.4. The van der Waals surface area contributed by atoms with E-state index in [1.807, 2.05) is 0 Å². The van der Waals surface area contributed by atoms with Crippen molar-refractivity contribution in [3.63, 3.8) is 0 Å². The molecule has 0 saturated heterocycles. The number of nitrogens with zero attached hydrogens (tertiary/aromatic N) is 1. The third-order valence-electron chi connectivity index (χ3n) is 5.60. The summed E-state index contributed by atoms with van der Waals surface area (Å²) >= 11 is 0. The first kappa shape index (κ1) is 30.9. The van der Waals surface area contributed by atoms with E-state index in [2.05, 4.69) is 5.32 Å². The average molecular weight is 541 g/mol. The van der Waals surface area contributed by atoms with Gasteiger partial charge in [0.25, 0.3) is 5.92 Å². The lowest BCUT2D eigenvalue weighted by molar-refractivity contribution is -0.149. The third kappa shape index (κ3) is 11.4. The molecule has 0 radical (unpaired) electrons. The molecule has 1 atom stereocenters. The Morgan fingerprint density at radius 2 is 1.63 bits per heavy atom. The highest BCUT2D eigenvalue weighted by molar-refractivity contribution is 5.74. The molecule has 2 N–H and O–H groups in total. The van der Waals surface area contributed by atoms with Gasteiger partial charge in [0.05, 0.1) is 13.2 Å². The molecule has 2 amide bonds. The summed E-state index contributed by atoms with van der Waals surface area (Å²) in [5.74, 6) is -3.84. The maximum Gasteiger partial charge on any atom is 0.333 e. The number of ether oxygens (including phenoxy) is 3. The van der Waals surface area contributed by atoms with Crippen molar-refractivity contribution in [2.45, 2.75) is 45.3 Å². The number of urea groups is 1. The van der Waals surface area contributed by atoms with Crippen LogP contribution in [0.5, 0.6) is 5.75 Å². The van der Waals surface area contributed by atoms with Crippen LogP contribution in [0.15, 0.2) is 48.5 Å². The van der Waals surface area contributed by atoms with E-state index in [1.165, 1.54) is 24.0 Å². The topological polar surface area (TPSA) is 97.3 Å². The molecular formula is C27H35F3N2O6. The van der Waals surface area contributed by atoms with Crippen LogP contribution >= 0.6 is 0 Å². The Labute approximate surface area is 220 Å². The Morgan fingerprint density at radius 3 is 2.24 bits per heavy atom. The molecule has 0 saturated carbocycles. The standard InChI is InChI=1S/C27H35F3N2O6/c1-3-27(29,30)19-36-15-13-32(26(35)31-18-21-5-9-22(28)10-6-21)14-16-38-23-11-7-20(8-12-23)17-24(25(33)34)37-4-2/h5-12,24H,3-4,13-19H2,1-2H3,(H,31,35)(H,33,34). The first-order valence-electron chi connectivity index (χ1n) is 12.4. The lowest BCUT2D eigenvalue weighted by Crippen LogP contribution is -2.43. The quantitative estimate of drug-likeness (QED) is 0.287. The van der Waals surface area contributed by atoms with Crippen LogP contribution in [0.3, 0.4) is 0 Å². The third-order valence-corrected chi connectivity index (χ3v) is 5.60. The summed E-state index contributed by atoms with van der Waals surface area (Å²) in [7, 11) is 0. The number of aliphatic carboxylic acids is 1. The van der Waals surface area contributed by atoms with Crippen molar-refractivity contribution in [2.24, 2.45) is 0 Å². The largest absolute Gasteiger partial charge is 0.492 e. The molecule has 0 spiro atoms. The van der Waals surface area contributed by atoms with Gasteiger partial charge in [-0.2, -0.15) is 0 Å². The van der Waals surface area contributed by atoms with Crippen LogP contribution < -0.4 is 10.1 Å². The van der Waals surface area contributed by atoms with Crippen LogP contribution in [0.4, 0.5) is 18.0 Å². The number of carbonyl (C=O) groups is 2. The Bertz CT molecular complexity index is 989. The van der Waals surface area contributed by atoms with Crippen molar-refractivity contribution < 1.29 is 42.1 Å². The minimum absolute atomic E-state index is 0.0609. The Hall–Kier alpha value is -3.31. The number of carboxylic acid groups (broad SMARTS) is 1. The number of hydrogen-bond acceptors (Lipinski definition) is 5. The van der Waals surface area contributed by atoms with E-state index < -0.39 is 30.6 Å². The molecule has 210 valence electrons. The van der Waals surface area contributed by atoms with E-state index in [-0.39, 0.29) is 58.1 Å². The molecule has 0 aliphatic carbocycles. The number of alkyl halides is 2. The van der Waals surface area contributed by atoms with Crippen molar-refractivity contribution in [2.75, 3.05) is 39.5 Å². The van der Waals surface area contributed by atoms with Gasteiger partial charge in [0, 0.05) is 32.5 Å². The zero-order valence-corrected chi connectivity index (χ0v) is 21.6. The molecule has 8 nitrogen and oxygen atoms in total. The summed E-state index contributed by atoms with van der Waals surface area (Å²) in [6, 6.07) is 12.1. The molecule has 0 fully saturated rings. The fourth-order valence-corrected chi connectivity index (χ4v) is 3.33. The highest BCUT2D eigenvalue weighted by atomic mass is 19.3. The molecule has 38 heavy (non-hydrogen) atoms. The van der Waals surface area contributed by atoms with Gasteiger partial charge in [-0.1, -0.05) is 31.2 Å². The predicted octanol–water partition coefficient (Wildman–Crippen LogP) is 4.51. The van der Waals surface area contributed by atoms with Gasteiger partial charge in [0.2, 0.25) is 0 Å². The fourth-order valence-electron chi connectivity index (χ4n) is 3.33. The van der Waals surface area contributed by atoms with Gasteiger partial charge in [0.15, 0.2) is 6.10 Å². The first-order chi connectivity index (χ1) is 18.1. The molecule has 1 unspecified atom stereocenters. The second-order valence-corrected chi connectivity index (χ2v) is 8.51. The second kappa shape index (κ2) is 15.8. The molecule has 2 aromatic carbocycles. The van der Waals surface area contributed by atoms with Gasteiger partial charge >= 0.3 is 12.0 Å². The first-order valence-corrected chi connectivity index (χ1v) is 12.4. The molecule has 0 heterocycles. The molecule has 0 aliphatic rings. The summed E-state index contributed by atoms with van der Waals surface area (Å²) < 4.78 is 56.0. The number of halogens is 3. The lowest BCUT2D eigenvalue weighted by Gasteiger charge is -2.24. The molecule has 2 aromatic rings. The molecule has 11 heteroatoms. The van der Waals surface area contributed by atoms with Crippen molar-refractivity contribution in [3.05, 3.63) is 65.5 Å². The van der Waals surface area contributed by atoms with E-state index in [0.717, 1.165) is 5.56 Å². The predicted molar refractivity (Wildman–Crippen MR) is 135 cm³/mol. The second-order valence-electron chi connectivity index (χ2n) is 8.51. The van der Waals surface area contributed by atoms with Gasteiger partial charge in [-0.05, 0) is 42.3 Å². The van der Waals surface area contributed by atoms with E-state index >= 15 is 0 Å². The van der Waals surface area contributed by atoms with Gasteiger partial charge < -0.3 is 29.5 Å². The Balaban J connectivity index is 1.90. The molecule has 0 aliphatic heterocycles. The van der Waals surface area contributed by atoms with Crippen LogP contribution in [-0.2, 0) is 27.2 Å². The highest BCUT2D eigenvalue weighted by Gasteiger charge is 2.26. The number of hydrogen-bond donors (Lipinski definition) is 2. The maximum atomic E-state index is 13.4. The molecular weight excluding hydrogens is 505 g/mol. The van der Waals surface area contributed by atoms with Crippen LogP contribution in [-0.4, -0.2) is 73.6 Å². The van der Waals surface area contributed by atoms with Crippen molar-refractivity contribution in [1.29, 1.82) is 0 Å². The Kier molecular flexibility index (Phi) is 12.9. The maximum absolute atomic E-state index is 13.4. The average Bonchev–Trinajstić information content (AvgIpc) is 2.90. The smallest absolute Gasteiger partial charge is 0.333 e. The van der Waals surface area contributed by atoms with E-state index in [4.69, 9.17) is 14.2 Å². The minimum atomic E-state index is -2.93. The molecule has 0 bridgehead atoms. The van der Waals surface area contributed by atoms with Crippen LogP contribution in [0, 0.1) is 5.82 Å². The zero-order chi connectivity index (χ0) is 28.0. The van der Waals surface area contributed by atoms with Crippen LogP contribution in [0.2, 0.25) is 0 Å². The number of rotatable bonds is 17. The summed E-state index contributed by atoms with van der Waals surface area (Å²) in [5, 5.41) is 12.0. The summed E-state index contributed by atoms with van der Waals surface area (Å²) in [6.45, 7) is 3.05. The number of carboxylic acids is 1. The molecule has 0 aromatic heterocycles. The summed E-state index contributed by atoms with van der Waals surface area (Å²) in [5.41, 5.74) is 1.46. The van der Waals surface area contributed by atoms with Crippen molar-refractivity contribution in [1.82, 2.24) is 10.2 Å². The normalized spacial score (nSPS) is 12.1. The monoisotopic (exact) mass is 540 g/mol. The van der Waals surface area contributed by atoms with Crippen LogP contribution in [0.1, 0.15) is 31.4 Å². The zero-order valence-electron chi connectivity index (χ0n) is 21.6. The lowest BCUT2D eigenvalue weighted by atomic mass is 10.1. The number of benzene rings is 2. The summed E-state index contributed by atoms with van der Waals surface area (Å²) in [6.07, 6.45) is -1.07. The van der Waals surface area contributed by atoms with Gasteiger partial charge in [0.1, 0.15) is 24.8 Å². The highest BCUT2D eigenvalue weighted by Crippen LogP contribution is 2.18. The number of nitrogens with one attached hydrogen (secondary N) is 1. The van der Waals surface area contributed by atoms with Gasteiger partial charge in [-0.3, -0.25) is 0 Å². The van der Waals surface area contributed by atoms with Crippen LogP contribution in [0.25, 0.3) is 0 Å². The van der Waals surface area contributed by atoms with E-state index in [0.29, 0.717) is 11.3 Å². The van der Waals surface area contributed by atoms with Crippen molar-refractivity contribution >= 4 is 12.0 Å². The van der Waals surface area contributed by atoms with E-state index in [1.54, 1.807) is 43.3 Å².